The fourth-order valence-electron chi connectivity index (χ4n) is 1.15. The van der Waals surface area contributed by atoms with E-state index in [1.165, 1.54) is 0 Å². The van der Waals surface area contributed by atoms with Crippen LogP contribution in [0.15, 0.2) is 23.1 Å². The van der Waals surface area contributed by atoms with Crippen LogP contribution < -0.4 is 10.5 Å². The van der Waals surface area contributed by atoms with Gasteiger partial charge >= 0.3 is 0 Å². The van der Waals surface area contributed by atoms with Crippen molar-refractivity contribution in [2.24, 2.45) is 0 Å². The molecular formula is C8H9F2N3O4S. The predicted octanol–water partition coefficient (Wildman–Crippen LogP) is 0.720. The lowest BCUT2D eigenvalue weighted by Gasteiger charge is -2.07. The molecule has 0 unspecified atom stereocenters. The first-order valence-corrected chi connectivity index (χ1v) is 6.04. The summed E-state index contributed by atoms with van der Waals surface area (Å²) in [5.41, 5.74) is 4.52. The molecule has 0 fully saturated rings. The number of nitrogens with two attached hydrogens (primary N) is 1. The van der Waals surface area contributed by atoms with Gasteiger partial charge in [-0.15, -0.1) is 0 Å². The SMILES string of the molecule is Nc1ccc(S(=O)(=O)NCC(F)F)c([N+](=O)[O-])c1. The van der Waals surface area contributed by atoms with E-state index < -0.39 is 38.5 Å². The van der Waals surface area contributed by atoms with Crippen molar-refractivity contribution in [3.05, 3.63) is 28.3 Å². The van der Waals surface area contributed by atoms with Gasteiger partial charge in [-0.25, -0.2) is 21.9 Å². The maximum absolute atomic E-state index is 11.9. The number of nitrogens with zero attached hydrogens (tertiary/aromatic N) is 1. The highest BCUT2D eigenvalue weighted by Gasteiger charge is 2.26. The third-order valence-corrected chi connectivity index (χ3v) is 3.37. The zero-order valence-corrected chi connectivity index (χ0v) is 9.65. The van der Waals surface area contributed by atoms with Crippen molar-refractivity contribution in [1.29, 1.82) is 0 Å². The Labute approximate surface area is 101 Å². The second-order valence-corrected chi connectivity index (χ2v) is 4.96. The van der Waals surface area contributed by atoms with Crippen molar-refractivity contribution in [3.63, 3.8) is 0 Å². The Hall–Kier alpha value is -1.81. The fourth-order valence-corrected chi connectivity index (χ4v) is 2.31. The summed E-state index contributed by atoms with van der Waals surface area (Å²) in [4.78, 5) is 9.01. The third-order valence-electron chi connectivity index (χ3n) is 1.90. The zero-order valence-electron chi connectivity index (χ0n) is 8.84. The van der Waals surface area contributed by atoms with Gasteiger partial charge in [-0.05, 0) is 12.1 Å². The first-order valence-electron chi connectivity index (χ1n) is 4.56. The van der Waals surface area contributed by atoms with E-state index >= 15 is 0 Å². The number of anilines is 1. The number of rotatable bonds is 5. The van der Waals surface area contributed by atoms with Crippen LogP contribution in [0.5, 0.6) is 0 Å². The van der Waals surface area contributed by atoms with E-state index in [9.17, 15) is 27.3 Å². The molecule has 0 aromatic heterocycles. The van der Waals surface area contributed by atoms with Gasteiger partial charge in [0, 0.05) is 11.8 Å². The maximum Gasteiger partial charge on any atom is 0.291 e. The predicted molar refractivity (Wildman–Crippen MR) is 58.7 cm³/mol. The number of hydrogen-bond donors (Lipinski definition) is 2. The van der Waals surface area contributed by atoms with Gasteiger partial charge in [0.2, 0.25) is 10.0 Å². The minimum atomic E-state index is -4.37. The number of hydrogen-bond acceptors (Lipinski definition) is 5. The number of halogens is 2. The van der Waals surface area contributed by atoms with Crippen LogP contribution in [0.25, 0.3) is 0 Å². The van der Waals surface area contributed by atoms with E-state index in [-0.39, 0.29) is 5.69 Å². The normalized spacial score (nSPS) is 11.7. The molecule has 1 aromatic rings. The molecular weight excluding hydrogens is 272 g/mol. The molecule has 0 saturated heterocycles. The molecule has 0 spiro atoms. The number of alkyl halides is 2. The molecule has 1 aromatic carbocycles. The van der Waals surface area contributed by atoms with Gasteiger partial charge in [0.1, 0.15) is 0 Å². The lowest BCUT2D eigenvalue weighted by molar-refractivity contribution is -0.387. The van der Waals surface area contributed by atoms with E-state index in [4.69, 9.17) is 5.73 Å². The summed E-state index contributed by atoms with van der Waals surface area (Å²) >= 11 is 0. The van der Waals surface area contributed by atoms with Gasteiger partial charge < -0.3 is 5.73 Å². The number of nitro benzene ring substituents is 1. The summed E-state index contributed by atoms with van der Waals surface area (Å²) in [5.74, 6) is 0. The van der Waals surface area contributed by atoms with Crippen molar-refractivity contribution in [1.82, 2.24) is 4.72 Å². The maximum atomic E-state index is 11.9. The number of nitrogen functional groups attached to an aromatic ring is 1. The van der Waals surface area contributed by atoms with Crippen LogP contribution in [0, 0.1) is 10.1 Å². The minimum absolute atomic E-state index is 0.00508. The number of benzene rings is 1. The lowest BCUT2D eigenvalue weighted by Crippen LogP contribution is -2.29. The topological polar surface area (TPSA) is 115 Å². The Morgan fingerprint density at radius 1 is 1.44 bits per heavy atom. The molecule has 18 heavy (non-hydrogen) atoms. The fraction of sp³-hybridized carbons (Fsp3) is 0.250. The number of nitro groups is 1. The molecule has 0 heterocycles. The average molecular weight is 281 g/mol. The average Bonchev–Trinajstić information content (AvgIpc) is 2.26. The van der Waals surface area contributed by atoms with Gasteiger partial charge in [-0.1, -0.05) is 0 Å². The van der Waals surface area contributed by atoms with E-state index in [0.29, 0.717) is 0 Å². The summed E-state index contributed by atoms with van der Waals surface area (Å²) in [7, 11) is -4.37. The standard InChI is InChI=1S/C8H9F2N3O4S/c9-8(10)4-12-18(16,17)7-2-1-5(11)3-6(7)13(14)15/h1-3,8,12H,4,11H2. The Morgan fingerprint density at radius 2 is 2.06 bits per heavy atom. The first-order chi connectivity index (χ1) is 8.24. The molecule has 0 bridgehead atoms. The van der Waals surface area contributed by atoms with Crippen molar-refractivity contribution in [3.8, 4) is 0 Å². The van der Waals surface area contributed by atoms with Gasteiger partial charge in [-0.3, -0.25) is 10.1 Å². The van der Waals surface area contributed by atoms with Crippen LogP contribution in [0.1, 0.15) is 0 Å². The van der Waals surface area contributed by atoms with Crippen molar-refractivity contribution >= 4 is 21.4 Å². The largest absolute Gasteiger partial charge is 0.399 e. The molecule has 7 nitrogen and oxygen atoms in total. The Morgan fingerprint density at radius 3 is 2.56 bits per heavy atom. The number of nitrogens with one attached hydrogen (secondary N) is 1. The highest BCUT2D eigenvalue weighted by atomic mass is 32.2. The van der Waals surface area contributed by atoms with Gasteiger partial charge in [-0.2, -0.15) is 0 Å². The molecule has 0 saturated carbocycles. The Balaban J connectivity index is 3.20. The molecule has 3 N–H and O–H groups in total. The van der Waals surface area contributed by atoms with Crippen molar-refractivity contribution in [2.45, 2.75) is 11.3 Å². The Bertz CT molecular complexity index is 561. The summed E-state index contributed by atoms with van der Waals surface area (Å²) in [6.45, 7) is -1.12. The third kappa shape index (κ3) is 3.34. The molecule has 0 radical (unpaired) electrons. The first kappa shape index (κ1) is 14.3. The molecule has 100 valence electrons. The monoisotopic (exact) mass is 281 g/mol. The van der Waals surface area contributed by atoms with Crippen molar-refractivity contribution in [2.75, 3.05) is 12.3 Å². The highest BCUT2D eigenvalue weighted by molar-refractivity contribution is 7.89. The van der Waals surface area contributed by atoms with Gasteiger partial charge in [0.25, 0.3) is 12.1 Å². The van der Waals surface area contributed by atoms with Crippen LogP contribution in [-0.4, -0.2) is 26.3 Å². The highest BCUT2D eigenvalue weighted by Crippen LogP contribution is 2.25. The second-order valence-electron chi connectivity index (χ2n) is 3.23. The smallest absolute Gasteiger partial charge is 0.291 e. The van der Waals surface area contributed by atoms with E-state index in [1.807, 2.05) is 0 Å². The molecule has 1 rings (SSSR count). The van der Waals surface area contributed by atoms with Crippen LogP contribution in [0.3, 0.4) is 0 Å². The molecule has 0 aliphatic carbocycles. The van der Waals surface area contributed by atoms with Crippen LogP contribution in [0.2, 0.25) is 0 Å². The summed E-state index contributed by atoms with van der Waals surface area (Å²) in [6.07, 6.45) is -2.90. The number of sulfonamides is 1. The van der Waals surface area contributed by atoms with Crippen LogP contribution in [-0.2, 0) is 10.0 Å². The van der Waals surface area contributed by atoms with E-state index in [2.05, 4.69) is 0 Å². The second kappa shape index (κ2) is 5.23. The molecule has 0 aliphatic rings. The molecule has 0 aliphatic heterocycles. The summed E-state index contributed by atoms with van der Waals surface area (Å²) in [6, 6.07) is 2.86. The molecule has 10 heteroatoms. The lowest BCUT2D eigenvalue weighted by atomic mass is 10.3. The van der Waals surface area contributed by atoms with E-state index in [1.54, 1.807) is 4.72 Å². The summed E-state index contributed by atoms with van der Waals surface area (Å²) in [5, 5.41) is 10.7. The molecule has 0 atom stereocenters. The van der Waals surface area contributed by atoms with Crippen LogP contribution in [0.4, 0.5) is 20.2 Å². The molecule has 0 amide bonds. The minimum Gasteiger partial charge on any atom is -0.399 e. The van der Waals surface area contributed by atoms with Crippen molar-refractivity contribution < 1.29 is 22.1 Å². The summed E-state index contributed by atoms with van der Waals surface area (Å²) < 4.78 is 48.6. The van der Waals surface area contributed by atoms with Crippen LogP contribution >= 0.6 is 0 Å². The van der Waals surface area contributed by atoms with E-state index in [0.717, 1.165) is 18.2 Å². The zero-order chi connectivity index (χ0) is 13.9. The van der Waals surface area contributed by atoms with Gasteiger partial charge in [0.05, 0.1) is 11.5 Å². The van der Waals surface area contributed by atoms with Gasteiger partial charge in [0.15, 0.2) is 4.90 Å². The quantitative estimate of drug-likeness (QED) is 0.468. The Kier molecular flexibility index (Phi) is 4.14.